The second kappa shape index (κ2) is 7.78. The summed E-state index contributed by atoms with van der Waals surface area (Å²) in [4.78, 5) is 0. The van der Waals surface area contributed by atoms with Gasteiger partial charge in [0, 0.05) is 12.7 Å². The molecule has 0 heterocycles. The molecular weight excluding hydrogens is 264 g/mol. The van der Waals surface area contributed by atoms with E-state index in [0.29, 0.717) is 13.2 Å². The van der Waals surface area contributed by atoms with Crippen molar-refractivity contribution in [2.75, 3.05) is 20.3 Å². The molecule has 1 fully saturated rings. The molecule has 0 amide bonds. The third-order valence-electron chi connectivity index (χ3n) is 4.86. The van der Waals surface area contributed by atoms with Gasteiger partial charge in [0.15, 0.2) is 0 Å². The summed E-state index contributed by atoms with van der Waals surface area (Å²) >= 11 is 0. The minimum absolute atomic E-state index is 0.142. The molecule has 1 atom stereocenters. The van der Waals surface area contributed by atoms with Gasteiger partial charge in [-0.25, -0.2) is 0 Å². The van der Waals surface area contributed by atoms with E-state index in [1.165, 1.54) is 31.2 Å². The molecule has 2 rings (SSSR count). The molecular formula is C17H28N2O2. The van der Waals surface area contributed by atoms with E-state index in [1.807, 2.05) is 12.1 Å². The molecule has 21 heavy (non-hydrogen) atoms. The van der Waals surface area contributed by atoms with Gasteiger partial charge in [0.1, 0.15) is 12.4 Å². The summed E-state index contributed by atoms with van der Waals surface area (Å²) in [5.74, 6) is 6.85. The van der Waals surface area contributed by atoms with Crippen molar-refractivity contribution in [3.8, 4) is 5.75 Å². The van der Waals surface area contributed by atoms with Crippen molar-refractivity contribution < 1.29 is 9.47 Å². The zero-order valence-corrected chi connectivity index (χ0v) is 13.2. The van der Waals surface area contributed by atoms with E-state index in [1.54, 1.807) is 7.11 Å². The molecule has 1 aliphatic rings. The highest BCUT2D eigenvalue weighted by Gasteiger charge is 2.41. The first-order chi connectivity index (χ1) is 10.3. The van der Waals surface area contributed by atoms with E-state index in [2.05, 4.69) is 24.5 Å². The van der Waals surface area contributed by atoms with Crippen LogP contribution in [-0.4, -0.2) is 20.3 Å². The van der Waals surface area contributed by atoms with Crippen molar-refractivity contribution in [2.24, 2.45) is 11.3 Å². The van der Waals surface area contributed by atoms with Gasteiger partial charge in [-0.15, -0.1) is 0 Å². The predicted octanol–water partition coefficient (Wildman–Crippen LogP) is 3.19. The second-order valence-electron chi connectivity index (χ2n) is 5.90. The van der Waals surface area contributed by atoms with Gasteiger partial charge in [-0.3, -0.25) is 11.3 Å². The molecule has 1 saturated carbocycles. The van der Waals surface area contributed by atoms with Crippen LogP contribution in [0.4, 0.5) is 0 Å². The molecule has 1 aliphatic carbocycles. The first-order valence-corrected chi connectivity index (χ1v) is 7.94. The Hall–Kier alpha value is -1.10. The van der Waals surface area contributed by atoms with Gasteiger partial charge in [-0.2, -0.15) is 0 Å². The number of ether oxygens (including phenoxy) is 2. The van der Waals surface area contributed by atoms with Crippen molar-refractivity contribution in [2.45, 2.75) is 45.1 Å². The van der Waals surface area contributed by atoms with Crippen molar-refractivity contribution in [3.05, 3.63) is 29.8 Å². The zero-order valence-electron chi connectivity index (χ0n) is 13.2. The number of benzene rings is 1. The largest absolute Gasteiger partial charge is 0.491 e. The number of para-hydroxylation sites is 1. The Kier molecular flexibility index (Phi) is 6.03. The summed E-state index contributed by atoms with van der Waals surface area (Å²) in [6, 6.07) is 8.35. The predicted molar refractivity (Wildman–Crippen MR) is 85.1 cm³/mol. The average molecular weight is 292 g/mol. The van der Waals surface area contributed by atoms with Crippen LogP contribution < -0.4 is 16.0 Å². The summed E-state index contributed by atoms with van der Waals surface area (Å²) in [5, 5.41) is 0. The van der Waals surface area contributed by atoms with E-state index >= 15 is 0 Å². The van der Waals surface area contributed by atoms with Crippen LogP contribution in [0.3, 0.4) is 0 Å². The average Bonchev–Trinajstić information content (AvgIpc) is 3.00. The number of rotatable bonds is 8. The fourth-order valence-corrected chi connectivity index (χ4v) is 3.61. The van der Waals surface area contributed by atoms with Crippen molar-refractivity contribution in [1.29, 1.82) is 0 Å². The zero-order chi connectivity index (χ0) is 15.1. The van der Waals surface area contributed by atoms with Crippen LogP contribution in [0, 0.1) is 5.41 Å². The Labute approximate surface area is 128 Å². The number of hydrogen-bond acceptors (Lipinski definition) is 4. The quantitative estimate of drug-likeness (QED) is 0.439. The molecule has 4 heteroatoms. The number of nitrogens with two attached hydrogens (primary N) is 1. The number of hydrogen-bond donors (Lipinski definition) is 2. The van der Waals surface area contributed by atoms with Crippen LogP contribution in [0.5, 0.6) is 5.75 Å². The molecule has 0 bridgehead atoms. The maximum atomic E-state index is 5.94. The molecule has 1 unspecified atom stereocenters. The summed E-state index contributed by atoms with van der Waals surface area (Å²) in [7, 11) is 1.68. The standard InChI is InChI=1S/C17H28N2O2/c1-3-17(10-6-7-11-17)16(19-18)14-8-4-5-9-15(14)21-13-12-20-2/h4-5,8-9,16,19H,3,6-7,10-13,18H2,1-2H3. The lowest BCUT2D eigenvalue weighted by atomic mass is 9.73. The fourth-order valence-electron chi connectivity index (χ4n) is 3.61. The Morgan fingerprint density at radius 3 is 2.57 bits per heavy atom. The van der Waals surface area contributed by atoms with E-state index < -0.39 is 0 Å². The third kappa shape index (κ3) is 3.57. The van der Waals surface area contributed by atoms with Gasteiger partial charge in [-0.1, -0.05) is 38.0 Å². The molecule has 0 aromatic heterocycles. The lowest BCUT2D eigenvalue weighted by Gasteiger charge is -2.37. The second-order valence-corrected chi connectivity index (χ2v) is 5.90. The highest BCUT2D eigenvalue weighted by molar-refractivity contribution is 5.37. The molecule has 1 aromatic carbocycles. The SMILES string of the molecule is CCC1(C(NN)c2ccccc2OCCOC)CCCC1. The minimum atomic E-state index is 0.142. The lowest BCUT2D eigenvalue weighted by molar-refractivity contribution is 0.141. The minimum Gasteiger partial charge on any atom is -0.491 e. The van der Waals surface area contributed by atoms with E-state index in [0.717, 1.165) is 12.2 Å². The van der Waals surface area contributed by atoms with Gasteiger partial charge in [-0.05, 0) is 30.7 Å². The highest BCUT2D eigenvalue weighted by atomic mass is 16.5. The molecule has 0 radical (unpaired) electrons. The van der Waals surface area contributed by atoms with Gasteiger partial charge < -0.3 is 9.47 Å². The highest BCUT2D eigenvalue weighted by Crippen LogP contribution is 2.51. The maximum Gasteiger partial charge on any atom is 0.124 e. The van der Waals surface area contributed by atoms with E-state index in [9.17, 15) is 0 Å². The van der Waals surface area contributed by atoms with Gasteiger partial charge in [0.2, 0.25) is 0 Å². The monoisotopic (exact) mass is 292 g/mol. The Bertz CT molecular complexity index is 431. The summed E-state index contributed by atoms with van der Waals surface area (Å²) < 4.78 is 11.0. The van der Waals surface area contributed by atoms with E-state index in [4.69, 9.17) is 15.3 Å². The number of methoxy groups -OCH3 is 1. The van der Waals surface area contributed by atoms with Crippen molar-refractivity contribution >= 4 is 0 Å². The molecule has 118 valence electrons. The summed E-state index contributed by atoms with van der Waals surface area (Å²) in [6.45, 7) is 3.42. The Morgan fingerprint density at radius 1 is 1.24 bits per heavy atom. The molecule has 1 aromatic rings. The lowest BCUT2D eigenvalue weighted by Crippen LogP contribution is -2.40. The van der Waals surface area contributed by atoms with Crippen LogP contribution in [-0.2, 0) is 4.74 Å². The maximum absolute atomic E-state index is 5.94. The third-order valence-corrected chi connectivity index (χ3v) is 4.86. The first kappa shape index (κ1) is 16.3. The van der Waals surface area contributed by atoms with Crippen molar-refractivity contribution in [3.63, 3.8) is 0 Å². The van der Waals surface area contributed by atoms with Crippen LogP contribution in [0.25, 0.3) is 0 Å². The fraction of sp³-hybridized carbons (Fsp3) is 0.647. The van der Waals surface area contributed by atoms with Crippen LogP contribution in [0.1, 0.15) is 50.6 Å². The molecule has 0 saturated heterocycles. The van der Waals surface area contributed by atoms with Gasteiger partial charge in [0.05, 0.1) is 12.6 Å². The normalized spacial score (nSPS) is 18.6. The molecule has 0 aliphatic heterocycles. The van der Waals surface area contributed by atoms with E-state index in [-0.39, 0.29) is 11.5 Å². The number of hydrazine groups is 1. The molecule has 0 spiro atoms. The van der Waals surface area contributed by atoms with Gasteiger partial charge >= 0.3 is 0 Å². The molecule has 3 N–H and O–H groups in total. The smallest absolute Gasteiger partial charge is 0.124 e. The topological polar surface area (TPSA) is 56.5 Å². The Balaban J connectivity index is 2.25. The summed E-state index contributed by atoms with van der Waals surface area (Å²) in [5.41, 5.74) is 4.48. The number of nitrogens with one attached hydrogen (secondary N) is 1. The molecule has 4 nitrogen and oxygen atoms in total. The first-order valence-electron chi connectivity index (χ1n) is 7.94. The Morgan fingerprint density at radius 2 is 1.95 bits per heavy atom. The van der Waals surface area contributed by atoms with Crippen molar-refractivity contribution in [1.82, 2.24) is 5.43 Å². The van der Waals surface area contributed by atoms with Crippen LogP contribution in [0.2, 0.25) is 0 Å². The van der Waals surface area contributed by atoms with Crippen LogP contribution >= 0.6 is 0 Å². The summed E-state index contributed by atoms with van der Waals surface area (Å²) in [6.07, 6.45) is 6.17. The van der Waals surface area contributed by atoms with Crippen LogP contribution in [0.15, 0.2) is 24.3 Å². The van der Waals surface area contributed by atoms with Gasteiger partial charge in [0.25, 0.3) is 0 Å².